The Labute approximate surface area is 148 Å². The molecule has 1 atom stereocenters. The molecule has 0 heterocycles. The van der Waals surface area contributed by atoms with Crippen LogP contribution in [0.2, 0.25) is 0 Å². The number of phenolic OH excluding ortho intramolecular Hbond substituents is 2. The van der Waals surface area contributed by atoms with Crippen molar-refractivity contribution >= 4 is 34.7 Å². The van der Waals surface area contributed by atoms with Crippen molar-refractivity contribution < 1.29 is 29.3 Å². The zero-order valence-corrected chi connectivity index (χ0v) is 15.5. The first-order chi connectivity index (χ1) is 10.5. The summed E-state index contributed by atoms with van der Waals surface area (Å²) in [5, 5.41) is 21.5. The summed E-state index contributed by atoms with van der Waals surface area (Å²) >= 11 is 1.96. The zero-order chi connectivity index (χ0) is 17.8. The Balaban J connectivity index is 2.94. The Morgan fingerprint density at radius 1 is 1.26 bits per heavy atom. The van der Waals surface area contributed by atoms with Crippen molar-refractivity contribution in [2.45, 2.75) is 38.8 Å². The van der Waals surface area contributed by atoms with Gasteiger partial charge in [-0.1, -0.05) is 0 Å². The molecule has 0 fully saturated rings. The van der Waals surface area contributed by atoms with Crippen molar-refractivity contribution in [1.29, 1.82) is 0 Å². The van der Waals surface area contributed by atoms with Gasteiger partial charge < -0.3 is 25.0 Å². The average Bonchev–Trinajstić information content (AvgIpc) is 2.40. The number of carbonyl (C=O) groups excluding carboxylic acids is 2. The number of methoxy groups -OCH3 is 1. The van der Waals surface area contributed by atoms with Gasteiger partial charge in [0.2, 0.25) is 0 Å². The SMILES string of the molecule is COC(=O)[C@H](Cc1cc(O)c(O)cc1I)NC(=O)OC(C)(C)C. The zero-order valence-electron chi connectivity index (χ0n) is 13.3. The molecule has 0 aliphatic heterocycles. The van der Waals surface area contributed by atoms with E-state index in [9.17, 15) is 19.8 Å². The van der Waals surface area contributed by atoms with Gasteiger partial charge in [0.05, 0.1) is 7.11 Å². The number of aromatic hydroxyl groups is 2. The molecule has 1 rings (SSSR count). The lowest BCUT2D eigenvalue weighted by Crippen LogP contribution is -2.45. The number of carbonyl (C=O) groups is 2. The highest BCUT2D eigenvalue weighted by atomic mass is 127. The standard InChI is InChI=1S/C15H20INO6/c1-15(2,3)23-14(21)17-10(13(20)22-4)5-8-6-11(18)12(19)7-9(8)16/h6-7,10,18-19H,5H2,1-4H3,(H,17,21)/t10-/m0/s1. The van der Waals surface area contributed by atoms with E-state index in [0.29, 0.717) is 9.13 Å². The van der Waals surface area contributed by atoms with Crippen LogP contribution >= 0.6 is 22.6 Å². The monoisotopic (exact) mass is 437 g/mol. The predicted molar refractivity (Wildman–Crippen MR) is 91.4 cm³/mol. The number of rotatable bonds is 4. The quantitative estimate of drug-likeness (QED) is 0.380. The van der Waals surface area contributed by atoms with Crippen molar-refractivity contribution in [3.63, 3.8) is 0 Å². The molecule has 8 heteroatoms. The molecule has 0 aliphatic carbocycles. The highest BCUT2D eigenvalue weighted by molar-refractivity contribution is 14.1. The molecular formula is C15H20INO6. The number of esters is 1. The Bertz CT molecular complexity index is 596. The lowest BCUT2D eigenvalue weighted by Gasteiger charge is -2.23. The van der Waals surface area contributed by atoms with Crippen molar-refractivity contribution in [3.8, 4) is 11.5 Å². The molecule has 0 saturated carbocycles. The van der Waals surface area contributed by atoms with Crippen LogP contribution in [0.5, 0.6) is 11.5 Å². The van der Waals surface area contributed by atoms with E-state index in [4.69, 9.17) is 4.74 Å². The number of hydrogen-bond acceptors (Lipinski definition) is 6. The van der Waals surface area contributed by atoms with Gasteiger partial charge in [0.25, 0.3) is 0 Å². The molecule has 0 radical (unpaired) electrons. The van der Waals surface area contributed by atoms with E-state index in [1.54, 1.807) is 20.8 Å². The molecule has 0 spiro atoms. The van der Waals surface area contributed by atoms with Crippen LogP contribution in [0.3, 0.4) is 0 Å². The Hall–Kier alpha value is -1.71. The first-order valence-corrected chi connectivity index (χ1v) is 7.89. The molecule has 0 bridgehead atoms. The van der Waals surface area contributed by atoms with Gasteiger partial charge in [0.1, 0.15) is 11.6 Å². The molecule has 1 aromatic rings. The van der Waals surface area contributed by atoms with Crippen LogP contribution in [0.25, 0.3) is 0 Å². The van der Waals surface area contributed by atoms with Gasteiger partial charge in [0.15, 0.2) is 11.5 Å². The maximum Gasteiger partial charge on any atom is 0.408 e. The number of phenols is 2. The summed E-state index contributed by atoms with van der Waals surface area (Å²) in [7, 11) is 1.21. The molecule has 0 aliphatic rings. The van der Waals surface area contributed by atoms with Crippen molar-refractivity contribution in [1.82, 2.24) is 5.32 Å². The number of alkyl carbamates (subject to hydrolysis) is 1. The topological polar surface area (TPSA) is 105 Å². The van der Waals surface area contributed by atoms with Crippen LogP contribution in [-0.2, 0) is 20.7 Å². The summed E-state index contributed by atoms with van der Waals surface area (Å²) in [4.78, 5) is 23.7. The molecule has 0 aromatic heterocycles. The summed E-state index contributed by atoms with van der Waals surface area (Å²) in [6.07, 6.45) is -0.663. The smallest absolute Gasteiger partial charge is 0.408 e. The van der Waals surface area contributed by atoms with E-state index < -0.39 is 23.7 Å². The second-order valence-corrected chi connectivity index (χ2v) is 7.02. The van der Waals surface area contributed by atoms with Crippen molar-refractivity contribution in [3.05, 3.63) is 21.3 Å². The number of ether oxygens (including phenoxy) is 2. The third-order valence-electron chi connectivity index (χ3n) is 2.74. The van der Waals surface area contributed by atoms with Crippen LogP contribution in [0.1, 0.15) is 26.3 Å². The van der Waals surface area contributed by atoms with Gasteiger partial charge >= 0.3 is 12.1 Å². The fraction of sp³-hybridized carbons (Fsp3) is 0.467. The minimum Gasteiger partial charge on any atom is -0.504 e. The fourth-order valence-corrected chi connectivity index (χ4v) is 2.43. The lowest BCUT2D eigenvalue weighted by molar-refractivity contribution is -0.143. The van der Waals surface area contributed by atoms with E-state index >= 15 is 0 Å². The van der Waals surface area contributed by atoms with E-state index in [-0.39, 0.29) is 17.9 Å². The first kappa shape index (κ1) is 19.3. The van der Waals surface area contributed by atoms with Gasteiger partial charge in [-0.05, 0) is 61.1 Å². The van der Waals surface area contributed by atoms with E-state index in [2.05, 4.69) is 10.1 Å². The Morgan fingerprint density at radius 2 is 1.83 bits per heavy atom. The number of benzene rings is 1. The van der Waals surface area contributed by atoms with Gasteiger partial charge in [-0.25, -0.2) is 9.59 Å². The number of hydrogen-bond donors (Lipinski definition) is 3. The summed E-state index contributed by atoms with van der Waals surface area (Å²) in [6.45, 7) is 5.13. The minimum atomic E-state index is -0.979. The predicted octanol–water partition coefficient (Wildman–Crippen LogP) is 2.31. The number of nitrogens with one attached hydrogen (secondary N) is 1. The van der Waals surface area contributed by atoms with Gasteiger partial charge in [-0.15, -0.1) is 0 Å². The maximum atomic E-state index is 11.9. The Kier molecular flexibility index (Phi) is 6.48. The van der Waals surface area contributed by atoms with Gasteiger partial charge in [0, 0.05) is 9.99 Å². The molecule has 0 saturated heterocycles. The minimum absolute atomic E-state index is 0.0814. The maximum absolute atomic E-state index is 11.9. The van der Waals surface area contributed by atoms with Crippen LogP contribution in [-0.4, -0.2) is 41.0 Å². The van der Waals surface area contributed by atoms with Crippen LogP contribution < -0.4 is 5.32 Å². The normalized spacial score (nSPS) is 12.4. The van der Waals surface area contributed by atoms with Crippen molar-refractivity contribution in [2.75, 3.05) is 7.11 Å². The molecule has 7 nitrogen and oxygen atoms in total. The lowest BCUT2D eigenvalue weighted by atomic mass is 10.1. The van der Waals surface area contributed by atoms with E-state index in [0.717, 1.165) is 0 Å². The molecule has 1 amide bonds. The fourth-order valence-electron chi connectivity index (χ4n) is 1.76. The molecule has 23 heavy (non-hydrogen) atoms. The Morgan fingerprint density at radius 3 is 2.35 bits per heavy atom. The van der Waals surface area contributed by atoms with Crippen LogP contribution in [0, 0.1) is 3.57 Å². The number of amides is 1. The summed E-state index contributed by atoms with van der Waals surface area (Å²) < 4.78 is 10.4. The third kappa shape index (κ3) is 6.12. The summed E-state index contributed by atoms with van der Waals surface area (Å²) in [5.41, 5.74) is -0.122. The molecule has 3 N–H and O–H groups in total. The molecule has 0 unspecified atom stereocenters. The van der Waals surface area contributed by atoms with Crippen molar-refractivity contribution in [2.24, 2.45) is 0 Å². The number of halogens is 1. The van der Waals surface area contributed by atoms with Crippen LogP contribution in [0.15, 0.2) is 12.1 Å². The van der Waals surface area contributed by atoms with Crippen LogP contribution in [0.4, 0.5) is 4.79 Å². The van der Waals surface area contributed by atoms with E-state index in [1.165, 1.54) is 19.2 Å². The highest BCUT2D eigenvalue weighted by Crippen LogP contribution is 2.30. The molecular weight excluding hydrogens is 417 g/mol. The second-order valence-electron chi connectivity index (χ2n) is 5.86. The van der Waals surface area contributed by atoms with E-state index in [1.807, 2.05) is 22.6 Å². The summed E-state index contributed by atoms with van der Waals surface area (Å²) in [5.74, 6) is -1.20. The third-order valence-corrected chi connectivity index (χ3v) is 3.75. The van der Waals surface area contributed by atoms with Gasteiger partial charge in [-0.2, -0.15) is 0 Å². The second kappa shape index (κ2) is 7.71. The average molecular weight is 437 g/mol. The molecule has 1 aromatic carbocycles. The molecule has 128 valence electrons. The first-order valence-electron chi connectivity index (χ1n) is 6.81. The highest BCUT2D eigenvalue weighted by Gasteiger charge is 2.26. The largest absolute Gasteiger partial charge is 0.504 e. The summed E-state index contributed by atoms with van der Waals surface area (Å²) in [6, 6.07) is 1.73. The van der Waals surface area contributed by atoms with Gasteiger partial charge in [-0.3, -0.25) is 0 Å².